The van der Waals surface area contributed by atoms with E-state index in [0.717, 1.165) is 5.56 Å². The predicted octanol–water partition coefficient (Wildman–Crippen LogP) is 2.15. The number of rotatable bonds is 5. The Hall–Kier alpha value is -3.02. The summed E-state index contributed by atoms with van der Waals surface area (Å²) in [5.74, 6) is 1.20. The van der Waals surface area contributed by atoms with Crippen LogP contribution < -0.4 is 20.7 Å². The van der Waals surface area contributed by atoms with Crippen molar-refractivity contribution >= 4 is 10.9 Å². The first kappa shape index (κ1) is 15.9. The fourth-order valence-corrected chi connectivity index (χ4v) is 2.61. The molecule has 0 fully saturated rings. The maximum absolute atomic E-state index is 12.6. The standard InChI is InChI=1S/C18H18N2O4/c1-3-24-16-10-12(8-9-15(16)23-2)11-20-17(21)13-6-4-5-7-14(13)19-18(20)22/h4-10H,3,11H2,1-2H3,(H,19,22). The molecule has 0 unspecified atom stereocenters. The summed E-state index contributed by atoms with van der Waals surface area (Å²) in [7, 11) is 1.57. The Bertz CT molecular complexity index is 988. The lowest BCUT2D eigenvalue weighted by molar-refractivity contribution is 0.310. The zero-order chi connectivity index (χ0) is 17.1. The average Bonchev–Trinajstić information content (AvgIpc) is 2.59. The summed E-state index contributed by atoms with van der Waals surface area (Å²) in [6.07, 6.45) is 0. The molecule has 1 N–H and O–H groups in total. The van der Waals surface area contributed by atoms with Gasteiger partial charge in [0.1, 0.15) is 0 Å². The van der Waals surface area contributed by atoms with Crippen molar-refractivity contribution in [3.05, 3.63) is 68.9 Å². The highest BCUT2D eigenvalue weighted by molar-refractivity contribution is 5.76. The number of fused-ring (bicyclic) bond motifs is 1. The normalized spacial score (nSPS) is 10.8. The molecule has 2 aromatic carbocycles. The molecule has 6 nitrogen and oxygen atoms in total. The number of hydrogen-bond donors (Lipinski definition) is 1. The van der Waals surface area contributed by atoms with Gasteiger partial charge in [-0.05, 0) is 36.8 Å². The van der Waals surface area contributed by atoms with Crippen LogP contribution in [0.25, 0.3) is 10.9 Å². The van der Waals surface area contributed by atoms with Crippen LogP contribution in [0.3, 0.4) is 0 Å². The highest BCUT2D eigenvalue weighted by Gasteiger charge is 2.10. The fraction of sp³-hybridized carbons (Fsp3) is 0.222. The van der Waals surface area contributed by atoms with Gasteiger partial charge in [0, 0.05) is 0 Å². The van der Waals surface area contributed by atoms with Gasteiger partial charge in [-0.2, -0.15) is 0 Å². The Morgan fingerprint density at radius 2 is 1.88 bits per heavy atom. The second kappa shape index (κ2) is 6.62. The first-order valence-corrected chi connectivity index (χ1v) is 7.65. The van der Waals surface area contributed by atoms with Crippen molar-refractivity contribution in [2.24, 2.45) is 0 Å². The van der Waals surface area contributed by atoms with Crippen molar-refractivity contribution in [1.29, 1.82) is 0 Å². The Morgan fingerprint density at radius 1 is 1.08 bits per heavy atom. The minimum Gasteiger partial charge on any atom is -0.493 e. The van der Waals surface area contributed by atoms with Gasteiger partial charge in [0.05, 0.1) is 31.2 Å². The Morgan fingerprint density at radius 3 is 2.62 bits per heavy atom. The van der Waals surface area contributed by atoms with Crippen LogP contribution in [0, 0.1) is 0 Å². The second-order valence-corrected chi connectivity index (χ2v) is 5.29. The molecule has 0 aliphatic rings. The van der Waals surface area contributed by atoms with Crippen molar-refractivity contribution in [3.63, 3.8) is 0 Å². The molecule has 124 valence electrons. The number of aromatic nitrogens is 2. The summed E-state index contributed by atoms with van der Waals surface area (Å²) in [6, 6.07) is 12.3. The van der Waals surface area contributed by atoms with Crippen LogP contribution in [0.4, 0.5) is 0 Å². The van der Waals surface area contributed by atoms with Crippen molar-refractivity contribution < 1.29 is 9.47 Å². The molecule has 0 aliphatic heterocycles. The van der Waals surface area contributed by atoms with Crippen LogP contribution in [0.1, 0.15) is 12.5 Å². The lowest BCUT2D eigenvalue weighted by atomic mass is 10.2. The van der Waals surface area contributed by atoms with Gasteiger partial charge in [0.15, 0.2) is 11.5 Å². The highest BCUT2D eigenvalue weighted by atomic mass is 16.5. The van der Waals surface area contributed by atoms with E-state index in [4.69, 9.17) is 9.47 Å². The summed E-state index contributed by atoms with van der Waals surface area (Å²) in [6.45, 7) is 2.53. The van der Waals surface area contributed by atoms with Gasteiger partial charge in [-0.15, -0.1) is 0 Å². The van der Waals surface area contributed by atoms with Gasteiger partial charge < -0.3 is 14.5 Å². The van der Waals surface area contributed by atoms with Crippen LogP contribution in [-0.4, -0.2) is 23.3 Å². The van der Waals surface area contributed by atoms with E-state index in [1.54, 1.807) is 43.5 Å². The molecule has 0 amide bonds. The molecule has 0 bridgehead atoms. The van der Waals surface area contributed by atoms with Gasteiger partial charge in [-0.25, -0.2) is 4.79 Å². The molecule has 0 saturated heterocycles. The first-order valence-electron chi connectivity index (χ1n) is 7.65. The van der Waals surface area contributed by atoms with E-state index in [-0.39, 0.29) is 12.1 Å². The van der Waals surface area contributed by atoms with Crippen molar-refractivity contribution in [2.45, 2.75) is 13.5 Å². The zero-order valence-corrected chi connectivity index (χ0v) is 13.5. The molecule has 3 aromatic rings. The van der Waals surface area contributed by atoms with E-state index in [0.29, 0.717) is 29.0 Å². The van der Waals surface area contributed by atoms with Crippen molar-refractivity contribution in [2.75, 3.05) is 13.7 Å². The van der Waals surface area contributed by atoms with Gasteiger partial charge in [-0.3, -0.25) is 9.36 Å². The molecule has 0 radical (unpaired) electrons. The second-order valence-electron chi connectivity index (χ2n) is 5.29. The number of methoxy groups -OCH3 is 1. The number of hydrogen-bond acceptors (Lipinski definition) is 4. The third-order valence-electron chi connectivity index (χ3n) is 3.76. The number of para-hydroxylation sites is 1. The number of nitrogens with one attached hydrogen (secondary N) is 1. The van der Waals surface area contributed by atoms with Crippen LogP contribution in [-0.2, 0) is 6.54 Å². The number of benzene rings is 2. The summed E-state index contributed by atoms with van der Waals surface area (Å²) < 4.78 is 12.0. The molecule has 24 heavy (non-hydrogen) atoms. The van der Waals surface area contributed by atoms with Gasteiger partial charge in [0.2, 0.25) is 0 Å². The molecule has 6 heteroatoms. The molecule has 0 saturated carbocycles. The monoisotopic (exact) mass is 326 g/mol. The van der Waals surface area contributed by atoms with Crippen molar-refractivity contribution in [1.82, 2.24) is 9.55 Å². The first-order chi connectivity index (χ1) is 11.6. The smallest absolute Gasteiger partial charge is 0.329 e. The van der Waals surface area contributed by atoms with E-state index >= 15 is 0 Å². The van der Waals surface area contributed by atoms with Crippen LogP contribution in [0.15, 0.2) is 52.1 Å². The summed E-state index contributed by atoms with van der Waals surface area (Å²) in [4.78, 5) is 27.6. The SMILES string of the molecule is CCOc1cc(Cn2c(=O)[nH]c3ccccc3c2=O)ccc1OC. The minimum atomic E-state index is -0.438. The molecule has 0 spiro atoms. The quantitative estimate of drug-likeness (QED) is 0.780. The van der Waals surface area contributed by atoms with Gasteiger partial charge in [-0.1, -0.05) is 18.2 Å². The van der Waals surface area contributed by atoms with Gasteiger partial charge >= 0.3 is 5.69 Å². The number of ether oxygens (including phenoxy) is 2. The number of nitrogens with zero attached hydrogens (tertiary/aromatic N) is 1. The molecule has 1 aromatic heterocycles. The van der Waals surface area contributed by atoms with E-state index in [1.165, 1.54) is 4.57 Å². The summed E-state index contributed by atoms with van der Waals surface area (Å²) >= 11 is 0. The third-order valence-corrected chi connectivity index (χ3v) is 3.76. The van der Waals surface area contributed by atoms with Gasteiger partial charge in [0.25, 0.3) is 5.56 Å². The predicted molar refractivity (Wildman–Crippen MR) is 92.1 cm³/mol. The van der Waals surface area contributed by atoms with Crippen LogP contribution in [0.5, 0.6) is 11.5 Å². The average molecular weight is 326 g/mol. The lowest BCUT2D eigenvalue weighted by Gasteiger charge is -2.12. The van der Waals surface area contributed by atoms with E-state index < -0.39 is 5.69 Å². The maximum atomic E-state index is 12.6. The van der Waals surface area contributed by atoms with E-state index in [9.17, 15) is 9.59 Å². The summed E-state index contributed by atoms with van der Waals surface area (Å²) in [5, 5.41) is 0.482. The molecular weight excluding hydrogens is 308 g/mol. The maximum Gasteiger partial charge on any atom is 0.329 e. The van der Waals surface area contributed by atoms with Crippen LogP contribution in [0.2, 0.25) is 0 Å². The molecule has 1 heterocycles. The molecule has 0 atom stereocenters. The Labute approximate surface area is 138 Å². The largest absolute Gasteiger partial charge is 0.493 e. The molecular formula is C18H18N2O4. The van der Waals surface area contributed by atoms with Crippen molar-refractivity contribution in [3.8, 4) is 11.5 Å². The van der Waals surface area contributed by atoms with E-state index in [2.05, 4.69) is 4.98 Å². The topological polar surface area (TPSA) is 73.3 Å². The zero-order valence-electron chi connectivity index (χ0n) is 13.5. The lowest BCUT2D eigenvalue weighted by Crippen LogP contribution is -2.35. The number of H-pyrrole nitrogens is 1. The minimum absolute atomic E-state index is 0.156. The Balaban J connectivity index is 2.06. The highest BCUT2D eigenvalue weighted by Crippen LogP contribution is 2.28. The molecule has 3 rings (SSSR count). The third kappa shape index (κ3) is 2.90. The summed E-state index contributed by atoms with van der Waals surface area (Å²) in [5.41, 5.74) is 0.561. The number of aromatic amines is 1. The van der Waals surface area contributed by atoms with E-state index in [1.807, 2.05) is 13.0 Å². The van der Waals surface area contributed by atoms with Crippen LogP contribution >= 0.6 is 0 Å². The molecule has 0 aliphatic carbocycles. The Kier molecular flexibility index (Phi) is 4.37. The fourth-order valence-electron chi connectivity index (χ4n) is 2.61.